The molecule has 1 aliphatic heterocycles. The molecule has 0 aromatic carbocycles. The van der Waals surface area contributed by atoms with E-state index in [2.05, 4.69) is 36.9 Å². The maximum absolute atomic E-state index is 9.68. The first-order valence-electron chi connectivity index (χ1n) is 7.62. The van der Waals surface area contributed by atoms with Crippen molar-refractivity contribution in [2.24, 2.45) is 10.3 Å². The van der Waals surface area contributed by atoms with E-state index < -0.39 is 5.60 Å². The zero-order valence-corrected chi connectivity index (χ0v) is 16.8. The number of halogens is 1. The van der Waals surface area contributed by atoms with Gasteiger partial charge in [0, 0.05) is 9.77 Å². The van der Waals surface area contributed by atoms with Crippen LogP contribution in [0.15, 0.2) is 16.9 Å². The SMILES string of the molecule is C[C@H]1C[C@H](n2cc(I)c3c(N=S(C)C)ncnc32)OC1(CO)CO. The molecule has 9 heteroatoms. The van der Waals surface area contributed by atoms with Crippen LogP contribution in [-0.4, -0.2) is 56.1 Å². The first-order valence-corrected chi connectivity index (χ1v) is 10.7. The molecule has 0 bridgehead atoms. The van der Waals surface area contributed by atoms with Crippen molar-refractivity contribution in [3.8, 4) is 0 Å². The Labute approximate surface area is 156 Å². The standard InChI is InChI=1S/C15H21IN4O3S/c1-9-4-11(23-15(9,6-21)7-22)20-5-10(16)12-13(19-24(2)3)17-8-18-14(12)20/h5,8-9,11,21-22H,4,6-7H2,1-3H3/t9-,11+/m0/s1. The van der Waals surface area contributed by atoms with Crippen molar-refractivity contribution in [1.29, 1.82) is 0 Å². The molecule has 2 aromatic heterocycles. The van der Waals surface area contributed by atoms with Crippen molar-refractivity contribution in [3.05, 3.63) is 16.1 Å². The average molecular weight is 464 g/mol. The lowest BCUT2D eigenvalue weighted by Gasteiger charge is -2.28. The van der Waals surface area contributed by atoms with E-state index in [1.807, 2.05) is 30.2 Å². The predicted molar refractivity (Wildman–Crippen MR) is 102 cm³/mol. The summed E-state index contributed by atoms with van der Waals surface area (Å²) in [5.41, 5.74) is -0.144. The molecule has 1 saturated heterocycles. The van der Waals surface area contributed by atoms with Gasteiger partial charge in [-0.15, -0.1) is 0 Å². The molecule has 0 saturated carbocycles. The largest absolute Gasteiger partial charge is 0.393 e. The highest BCUT2D eigenvalue weighted by Gasteiger charge is 2.46. The van der Waals surface area contributed by atoms with Crippen molar-refractivity contribution in [3.63, 3.8) is 0 Å². The minimum Gasteiger partial charge on any atom is -0.393 e. The Bertz CT molecular complexity index is 786. The van der Waals surface area contributed by atoms with Crippen molar-refractivity contribution in [2.75, 3.05) is 25.7 Å². The fourth-order valence-corrected chi connectivity index (χ4v) is 4.31. The van der Waals surface area contributed by atoms with Crippen molar-refractivity contribution in [1.82, 2.24) is 14.5 Å². The van der Waals surface area contributed by atoms with Crippen LogP contribution in [0, 0.1) is 9.49 Å². The quantitative estimate of drug-likeness (QED) is 0.676. The first-order chi connectivity index (χ1) is 11.4. The van der Waals surface area contributed by atoms with E-state index in [9.17, 15) is 10.2 Å². The Morgan fingerprint density at radius 2 is 2.12 bits per heavy atom. The second-order valence-corrected chi connectivity index (χ2v) is 9.13. The Hall–Kier alpha value is -0.620. The maximum Gasteiger partial charge on any atom is 0.172 e. The van der Waals surface area contributed by atoms with Gasteiger partial charge in [-0.3, -0.25) is 0 Å². The highest BCUT2D eigenvalue weighted by Crippen LogP contribution is 2.43. The number of hydrogen-bond donors (Lipinski definition) is 2. The third-order valence-electron chi connectivity index (χ3n) is 4.48. The molecule has 132 valence electrons. The van der Waals surface area contributed by atoms with Gasteiger partial charge in [-0.25, -0.2) is 14.3 Å². The lowest BCUT2D eigenvalue weighted by atomic mass is 9.90. The maximum atomic E-state index is 9.68. The van der Waals surface area contributed by atoms with E-state index in [4.69, 9.17) is 4.74 Å². The molecule has 0 amide bonds. The normalized spacial score (nSPS) is 23.3. The molecular formula is C15H21IN4O3S. The van der Waals surface area contributed by atoms with Gasteiger partial charge in [0.2, 0.25) is 0 Å². The Kier molecular flexibility index (Phi) is 5.26. The topological polar surface area (TPSA) is 92.8 Å². The van der Waals surface area contributed by atoms with Crippen LogP contribution in [-0.2, 0) is 15.4 Å². The Morgan fingerprint density at radius 1 is 1.42 bits per heavy atom. The molecule has 0 aliphatic carbocycles. The van der Waals surface area contributed by atoms with Gasteiger partial charge in [0.1, 0.15) is 23.8 Å². The smallest absolute Gasteiger partial charge is 0.172 e. The van der Waals surface area contributed by atoms with Gasteiger partial charge in [0.05, 0.1) is 18.6 Å². The van der Waals surface area contributed by atoms with Crippen molar-refractivity contribution < 1.29 is 14.9 Å². The number of aliphatic hydroxyl groups is 2. The molecule has 0 spiro atoms. The summed E-state index contributed by atoms with van der Waals surface area (Å²) in [5, 5.41) is 20.3. The van der Waals surface area contributed by atoms with Gasteiger partial charge in [0.15, 0.2) is 5.82 Å². The lowest BCUT2D eigenvalue weighted by molar-refractivity contribution is -0.132. The van der Waals surface area contributed by atoms with E-state index in [1.165, 1.54) is 6.33 Å². The number of aromatic nitrogens is 3. The Morgan fingerprint density at radius 3 is 2.71 bits per heavy atom. The molecule has 2 aromatic rings. The molecule has 1 fully saturated rings. The fourth-order valence-electron chi connectivity index (χ4n) is 3.05. The molecule has 0 unspecified atom stereocenters. The molecule has 2 N–H and O–H groups in total. The van der Waals surface area contributed by atoms with Gasteiger partial charge < -0.3 is 19.5 Å². The van der Waals surface area contributed by atoms with Gasteiger partial charge in [-0.2, -0.15) is 0 Å². The number of aliphatic hydroxyl groups excluding tert-OH is 2. The number of rotatable bonds is 4. The highest BCUT2D eigenvalue weighted by atomic mass is 127. The van der Waals surface area contributed by atoms with Crippen LogP contribution < -0.4 is 0 Å². The van der Waals surface area contributed by atoms with Gasteiger partial charge in [-0.1, -0.05) is 17.6 Å². The van der Waals surface area contributed by atoms with Crippen LogP contribution in [0.4, 0.5) is 5.82 Å². The monoisotopic (exact) mass is 464 g/mol. The summed E-state index contributed by atoms with van der Waals surface area (Å²) in [6.45, 7) is 1.57. The second kappa shape index (κ2) is 6.94. The molecule has 24 heavy (non-hydrogen) atoms. The zero-order valence-electron chi connectivity index (χ0n) is 13.8. The second-order valence-electron chi connectivity index (χ2n) is 6.24. The van der Waals surface area contributed by atoms with Crippen LogP contribution >= 0.6 is 22.6 Å². The van der Waals surface area contributed by atoms with Gasteiger partial charge >= 0.3 is 0 Å². The molecule has 1 aliphatic rings. The molecule has 2 atom stereocenters. The molecule has 3 rings (SSSR count). The predicted octanol–water partition coefficient (Wildman–Crippen LogP) is 2.01. The van der Waals surface area contributed by atoms with Crippen molar-refractivity contribution >= 4 is 50.1 Å². The molecule has 3 heterocycles. The van der Waals surface area contributed by atoms with Crippen LogP contribution in [0.25, 0.3) is 11.0 Å². The number of hydrogen-bond acceptors (Lipinski definition) is 6. The van der Waals surface area contributed by atoms with Gasteiger partial charge in [0.25, 0.3) is 0 Å². The zero-order chi connectivity index (χ0) is 17.5. The van der Waals surface area contributed by atoms with Crippen molar-refractivity contribution in [2.45, 2.75) is 25.2 Å². The minimum absolute atomic E-state index is 0.0377. The van der Waals surface area contributed by atoms with Crippen LogP contribution in [0.5, 0.6) is 0 Å². The van der Waals surface area contributed by atoms with E-state index >= 15 is 0 Å². The summed E-state index contributed by atoms with van der Waals surface area (Å²) in [6, 6.07) is 0. The fraction of sp³-hybridized carbons (Fsp3) is 0.600. The summed E-state index contributed by atoms with van der Waals surface area (Å²) in [4.78, 5) is 8.74. The summed E-state index contributed by atoms with van der Waals surface area (Å²) < 4.78 is 13.6. The lowest BCUT2D eigenvalue weighted by Crippen LogP contribution is -2.42. The van der Waals surface area contributed by atoms with Crippen LogP contribution in [0.1, 0.15) is 19.6 Å². The van der Waals surface area contributed by atoms with E-state index in [-0.39, 0.29) is 36.1 Å². The summed E-state index contributed by atoms with van der Waals surface area (Å²) in [5.74, 6) is 0.730. The molecule has 7 nitrogen and oxygen atoms in total. The molecular weight excluding hydrogens is 443 g/mol. The highest BCUT2D eigenvalue weighted by molar-refractivity contribution is 14.1. The van der Waals surface area contributed by atoms with Gasteiger partial charge in [-0.05, 0) is 47.4 Å². The third-order valence-corrected chi connectivity index (χ3v) is 5.84. The number of nitrogens with zero attached hydrogens (tertiary/aromatic N) is 4. The van der Waals surface area contributed by atoms with E-state index in [1.54, 1.807) is 0 Å². The minimum atomic E-state index is -0.910. The number of ether oxygens (including phenoxy) is 1. The van der Waals surface area contributed by atoms with E-state index in [0.29, 0.717) is 12.2 Å². The first kappa shape index (κ1) is 18.2. The van der Waals surface area contributed by atoms with E-state index in [0.717, 1.165) is 14.6 Å². The average Bonchev–Trinajstić information content (AvgIpc) is 3.05. The summed E-state index contributed by atoms with van der Waals surface area (Å²) >= 11 is 2.26. The summed E-state index contributed by atoms with van der Waals surface area (Å²) in [7, 11) is -0.120. The van der Waals surface area contributed by atoms with Crippen LogP contribution in [0.2, 0.25) is 0 Å². The third kappa shape index (κ3) is 3.00. The molecule has 0 radical (unpaired) electrons. The van der Waals surface area contributed by atoms with Crippen LogP contribution in [0.3, 0.4) is 0 Å². The number of fused-ring (bicyclic) bond motifs is 1. The Balaban J connectivity index is 2.08. The summed E-state index contributed by atoms with van der Waals surface area (Å²) in [6.07, 6.45) is 7.99.